The molecule has 0 saturated carbocycles. The van der Waals surface area contributed by atoms with Gasteiger partial charge in [-0.25, -0.2) is 9.97 Å². The molecule has 3 heterocycles. The molecule has 0 aromatic carbocycles. The second-order valence-electron chi connectivity index (χ2n) is 4.67. The number of fused-ring (bicyclic) bond motifs is 1. The Morgan fingerprint density at radius 2 is 2.50 bits per heavy atom. The molecule has 2 aromatic rings. The highest BCUT2D eigenvalue weighted by molar-refractivity contribution is 5.93. The van der Waals surface area contributed by atoms with Crippen molar-refractivity contribution in [2.24, 2.45) is 0 Å². The Morgan fingerprint density at radius 3 is 3.30 bits per heavy atom. The molecule has 1 aliphatic heterocycles. The number of carbonyl (C=O) groups is 1. The monoisotopic (exact) mass is 276 g/mol. The number of nitrogens with zero attached hydrogens (tertiary/aromatic N) is 3. The van der Waals surface area contributed by atoms with Gasteiger partial charge in [-0.05, 0) is 12.5 Å². The second kappa shape index (κ2) is 5.56. The Labute approximate surface area is 115 Å². The van der Waals surface area contributed by atoms with E-state index in [1.54, 1.807) is 36.2 Å². The normalized spacial score (nSPS) is 22.9. The summed E-state index contributed by atoms with van der Waals surface area (Å²) in [7, 11) is 1.64. The van der Waals surface area contributed by atoms with E-state index < -0.39 is 0 Å². The maximum atomic E-state index is 12.2. The van der Waals surface area contributed by atoms with Crippen LogP contribution in [0.1, 0.15) is 16.9 Å². The molecule has 1 N–H and O–H groups in total. The molecule has 0 aliphatic carbocycles. The lowest BCUT2D eigenvalue weighted by Gasteiger charge is -2.30. The Hall–Kier alpha value is -1.99. The number of hydrogen-bond acceptors (Lipinski definition) is 5. The average molecular weight is 276 g/mol. The van der Waals surface area contributed by atoms with Crippen LogP contribution < -0.4 is 5.32 Å². The molecule has 7 heteroatoms. The van der Waals surface area contributed by atoms with E-state index in [0.29, 0.717) is 24.7 Å². The van der Waals surface area contributed by atoms with Crippen LogP contribution in [0.2, 0.25) is 0 Å². The van der Waals surface area contributed by atoms with Gasteiger partial charge in [0.25, 0.3) is 5.91 Å². The Balaban J connectivity index is 1.75. The minimum absolute atomic E-state index is 0.0251. The molecule has 3 rings (SSSR count). The summed E-state index contributed by atoms with van der Waals surface area (Å²) in [6.07, 6.45) is 5.84. The molecule has 106 valence electrons. The van der Waals surface area contributed by atoms with Gasteiger partial charge in [-0.3, -0.25) is 9.20 Å². The van der Waals surface area contributed by atoms with E-state index in [4.69, 9.17) is 9.47 Å². The lowest BCUT2D eigenvalue weighted by Crippen LogP contribution is -2.50. The van der Waals surface area contributed by atoms with E-state index in [9.17, 15) is 4.79 Å². The average Bonchev–Trinajstić information content (AvgIpc) is 2.92. The van der Waals surface area contributed by atoms with E-state index >= 15 is 0 Å². The van der Waals surface area contributed by atoms with Crippen molar-refractivity contribution in [2.75, 3.05) is 20.3 Å². The fraction of sp³-hybridized carbons (Fsp3) is 0.462. The fourth-order valence-electron chi connectivity index (χ4n) is 2.32. The van der Waals surface area contributed by atoms with Crippen molar-refractivity contribution in [3.63, 3.8) is 0 Å². The zero-order valence-corrected chi connectivity index (χ0v) is 11.2. The van der Waals surface area contributed by atoms with E-state index in [-0.39, 0.29) is 18.1 Å². The first-order valence-corrected chi connectivity index (χ1v) is 6.49. The highest BCUT2D eigenvalue weighted by Gasteiger charge is 2.28. The molecule has 0 radical (unpaired) electrons. The predicted molar refractivity (Wildman–Crippen MR) is 70.5 cm³/mol. The topological polar surface area (TPSA) is 77.8 Å². The molecule has 1 amide bonds. The van der Waals surface area contributed by atoms with Crippen molar-refractivity contribution in [3.8, 4) is 0 Å². The number of methoxy groups -OCH3 is 1. The third kappa shape index (κ3) is 2.50. The van der Waals surface area contributed by atoms with Gasteiger partial charge in [0.2, 0.25) is 5.78 Å². The molecular formula is C13H16N4O3. The third-order valence-corrected chi connectivity index (χ3v) is 3.38. The van der Waals surface area contributed by atoms with Crippen molar-refractivity contribution in [1.82, 2.24) is 19.7 Å². The van der Waals surface area contributed by atoms with Gasteiger partial charge in [-0.1, -0.05) is 0 Å². The Morgan fingerprint density at radius 1 is 1.60 bits per heavy atom. The largest absolute Gasteiger partial charge is 0.379 e. The van der Waals surface area contributed by atoms with Crippen LogP contribution in [0, 0.1) is 0 Å². The van der Waals surface area contributed by atoms with Crippen molar-refractivity contribution < 1.29 is 14.3 Å². The summed E-state index contributed by atoms with van der Waals surface area (Å²) in [5.41, 5.74) is 0.337. The smallest absolute Gasteiger partial charge is 0.271 e. The van der Waals surface area contributed by atoms with E-state index in [0.717, 1.165) is 6.42 Å². The van der Waals surface area contributed by atoms with Crippen LogP contribution in [0.25, 0.3) is 5.78 Å². The van der Waals surface area contributed by atoms with Gasteiger partial charge in [-0.15, -0.1) is 0 Å². The first kappa shape index (κ1) is 13.0. The predicted octanol–water partition coefficient (Wildman–Crippen LogP) is 0.263. The van der Waals surface area contributed by atoms with Gasteiger partial charge < -0.3 is 14.8 Å². The second-order valence-corrected chi connectivity index (χ2v) is 4.67. The molecular weight excluding hydrogens is 260 g/mol. The highest BCUT2D eigenvalue weighted by Crippen LogP contribution is 2.12. The number of rotatable bonds is 3. The number of imidazole rings is 1. The zero-order valence-electron chi connectivity index (χ0n) is 11.2. The molecule has 7 nitrogen and oxygen atoms in total. The quantitative estimate of drug-likeness (QED) is 0.870. The van der Waals surface area contributed by atoms with Crippen LogP contribution in [-0.2, 0) is 9.47 Å². The summed E-state index contributed by atoms with van der Waals surface area (Å²) in [5.74, 6) is 0.258. The minimum Gasteiger partial charge on any atom is -0.379 e. The molecule has 1 saturated heterocycles. The zero-order chi connectivity index (χ0) is 13.9. The summed E-state index contributed by atoms with van der Waals surface area (Å²) in [5, 5.41) is 2.90. The van der Waals surface area contributed by atoms with Crippen LogP contribution in [0.3, 0.4) is 0 Å². The first-order valence-electron chi connectivity index (χ1n) is 6.49. The van der Waals surface area contributed by atoms with Crippen LogP contribution >= 0.6 is 0 Å². The number of carbonyl (C=O) groups excluding carboxylic acids is 1. The van der Waals surface area contributed by atoms with Gasteiger partial charge in [0.05, 0.1) is 18.8 Å². The lowest BCUT2D eigenvalue weighted by atomic mass is 10.1. The van der Waals surface area contributed by atoms with Crippen LogP contribution in [0.5, 0.6) is 0 Å². The fourth-order valence-corrected chi connectivity index (χ4v) is 2.32. The van der Waals surface area contributed by atoms with Crippen LogP contribution in [0.15, 0.2) is 24.7 Å². The molecule has 20 heavy (non-hydrogen) atoms. The summed E-state index contributed by atoms with van der Waals surface area (Å²) < 4.78 is 12.5. The van der Waals surface area contributed by atoms with Gasteiger partial charge in [0.15, 0.2) is 0 Å². The Bertz CT molecular complexity index is 579. The standard InChI is InChI=1S/C13H16N4O3/c1-19-11-3-6-20-8-10(11)15-12(18)9-7-17-5-2-4-14-13(17)16-9/h2,4-5,7,10-11H,3,6,8H2,1H3,(H,15,18)/t10-,11-/m1/s1. The summed E-state index contributed by atoms with van der Waals surface area (Å²) >= 11 is 0. The summed E-state index contributed by atoms with van der Waals surface area (Å²) in [4.78, 5) is 20.5. The maximum absolute atomic E-state index is 12.2. The number of hydrogen-bond donors (Lipinski definition) is 1. The van der Waals surface area contributed by atoms with Gasteiger partial charge in [0.1, 0.15) is 5.69 Å². The Kier molecular flexibility index (Phi) is 3.62. The molecule has 2 aromatic heterocycles. The molecule has 0 unspecified atom stereocenters. The molecule has 2 atom stereocenters. The summed E-state index contributed by atoms with van der Waals surface area (Å²) in [6.45, 7) is 1.11. The van der Waals surface area contributed by atoms with E-state index in [1.165, 1.54) is 0 Å². The molecule has 0 spiro atoms. The van der Waals surface area contributed by atoms with Gasteiger partial charge in [-0.2, -0.15) is 0 Å². The maximum Gasteiger partial charge on any atom is 0.271 e. The first-order chi connectivity index (χ1) is 9.78. The van der Waals surface area contributed by atoms with Crippen molar-refractivity contribution >= 4 is 11.7 Å². The van der Waals surface area contributed by atoms with Gasteiger partial charge in [0, 0.05) is 32.3 Å². The van der Waals surface area contributed by atoms with Gasteiger partial charge >= 0.3 is 0 Å². The van der Waals surface area contributed by atoms with Crippen molar-refractivity contribution in [2.45, 2.75) is 18.6 Å². The molecule has 0 bridgehead atoms. The highest BCUT2D eigenvalue weighted by atomic mass is 16.5. The van der Waals surface area contributed by atoms with E-state index in [1.807, 2.05) is 0 Å². The number of amides is 1. The number of aromatic nitrogens is 3. The SMILES string of the molecule is CO[C@@H]1CCOC[C@H]1NC(=O)c1cn2cccnc2n1. The summed E-state index contributed by atoms with van der Waals surface area (Å²) in [6, 6.07) is 1.63. The molecule has 1 fully saturated rings. The molecule has 1 aliphatic rings. The number of ether oxygens (including phenoxy) is 2. The van der Waals surface area contributed by atoms with Crippen molar-refractivity contribution in [3.05, 3.63) is 30.4 Å². The third-order valence-electron chi connectivity index (χ3n) is 3.38. The van der Waals surface area contributed by atoms with E-state index in [2.05, 4.69) is 15.3 Å². The van der Waals surface area contributed by atoms with Crippen molar-refractivity contribution in [1.29, 1.82) is 0 Å². The lowest BCUT2D eigenvalue weighted by molar-refractivity contribution is -0.0349. The van der Waals surface area contributed by atoms with Crippen LogP contribution in [-0.4, -0.2) is 52.7 Å². The number of nitrogens with one attached hydrogen (secondary N) is 1. The minimum atomic E-state index is -0.243. The van der Waals surface area contributed by atoms with Crippen LogP contribution in [0.4, 0.5) is 0 Å².